The molecule has 0 unspecified atom stereocenters. The molecule has 0 N–H and O–H groups in total. The van der Waals surface area contributed by atoms with E-state index in [1.165, 1.54) is 0 Å². The highest BCUT2D eigenvalue weighted by Crippen LogP contribution is 2.31. The average molecular weight is 379 g/mol. The summed E-state index contributed by atoms with van der Waals surface area (Å²) in [7, 11) is 0. The van der Waals surface area contributed by atoms with Gasteiger partial charge >= 0.3 is 0 Å². The first-order valence-electron chi connectivity index (χ1n) is 8.85. The van der Waals surface area contributed by atoms with Crippen LogP contribution in [0.3, 0.4) is 0 Å². The van der Waals surface area contributed by atoms with E-state index in [-0.39, 0.29) is 0 Å². The highest BCUT2D eigenvalue weighted by Gasteiger charge is 2.15. The third-order valence-corrected chi connectivity index (χ3v) is 4.35. The van der Waals surface area contributed by atoms with Crippen molar-refractivity contribution in [1.29, 1.82) is 0 Å². The fourth-order valence-electron chi connectivity index (χ4n) is 2.85. The van der Waals surface area contributed by atoms with Gasteiger partial charge in [0.15, 0.2) is 0 Å². The molecular weight excluding hydrogens is 360 g/mol. The predicted octanol–water partition coefficient (Wildman–Crippen LogP) is 5.50. The summed E-state index contributed by atoms with van der Waals surface area (Å²) in [6, 6.07) is 23.5. The lowest BCUT2D eigenvalue weighted by atomic mass is 10.2. The molecule has 2 aromatic heterocycles. The summed E-state index contributed by atoms with van der Waals surface area (Å²) in [4.78, 5) is 4.72. The number of aromatic nitrogens is 2. The van der Waals surface area contributed by atoms with Gasteiger partial charge in [0.1, 0.15) is 17.1 Å². The number of imidazole rings is 1. The molecule has 0 bridgehead atoms. The van der Waals surface area contributed by atoms with Crippen LogP contribution in [0.5, 0.6) is 11.6 Å². The van der Waals surface area contributed by atoms with E-state index in [4.69, 9.17) is 26.1 Å². The first-order chi connectivity index (χ1) is 13.3. The van der Waals surface area contributed by atoms with E-state index in [9.17, 15) is 0 Å². The van der Waals surface area contributed by atoms with Gasteiger partial charge in [-0.05, 0) is 24.3 Å². The number of ether oxygens (including phenoxy) is 2. The number of fused-ring (bicyclic) bond motifs is 1. The van der Waals surface area contributed by atoms with E-state index in [0.29, 0.717) is 24.1 Å². The molecule has 27 heavy (non-hydrogen) atoms. The van der Waals surface area contributed by atoms with Gasteiger partial charge in [-0.15, -0.1) is 0 Å². The molecule has 0 atom stereocenters. The van der Waals surface area contributed by atoms with Gasteiger partial charge in [-0.1, -0.05) is 60.1 Å². The molecule has 0 radical (unpaired) electrons. The van der Waals surface area contributed by atoms with Crippen LogP contribution in [0.25, 0.3) is 16.9 Å². The van der Waals surface area contributed by atoms with E-state index in [2.05, 4.69) is 0 Å². The van der Waals surface area contributed by atoms with E-state index in [0.717, 1.165) is 29.1 Å². The Kier molecular flexibility index (Phi) is 5.26. The van der Waals surface area contributed by atoms with Crippen molar-refractivity contribution in [2.24, 2.45) is 0 Å². The molecule has 0 aliphatic rings. The summed E-state index contributed by atoms with van der Waals surface area (Å²) in [6.45, 7) is 1.11. The van der Waals surface area contributed by atoms with Crippen molar-refractivity contribution < 1.29 is 9.47 Å². The second-order valence-corrected chi connectivity index (χ2v) is 6.51. The number of para-hydroxylation sites is 1. The Hall–Kier alpha value is -2.98. The van der Waals surface area contributed by atoms with Gasteiger partial charge in [0.2, 0.25) is 5.88 Å². The minimum Gasteiger partial charge on any atom is -0.493 e. The normalized spacial score (nSPS) is 10.9. The number of halogens is 1. The molecule has 136 valence electrons. The third-order valence-electron chi connectivity index (χ3n) is 4.13. The lowest BCUT2D eigenvalue weighted by Gasteiger charge is -2.09. The van der Waals surface area contributed by atoms with Crippen LogP contribution in [0.1, 0.15) is 6.42 Å². The summed E-state index contributed by atoms with van der Waals surface area (Å²) in [5.41, 5.74) is 2.61. The highest BCUT2D eigenvalue weighted by molar-refractivity contribution is 6.30. The fourth-order valence-corrected chi connectivity index (χ4v) is 3.01. The van der Waals surface area contributed by atoms with Crippen LogP contribution < -0.4 is 9.47 Å². The maximum atomic E-state index is 6.17. The Morgan fingerprint density at radius 2 is 1.52 bits per heavy atom. The van der Waals surface area contributed by atoms with E-state index in [1.54, 1.807) is 0 Å². The molecular formula is C22H19ClN2O2. The summed E-state index contributed by atoms with van der Waals surface area (Å²) >= 11 is 6.17. The molecule has 0 amide bonds. The number of nitrogens with zero attached hydrogens (tertiary/aromatic N) is 2. The molecule has 4 aromatic rings. The second-order valence-electron chi connectivity index (χ2n) is 6.07. The maximum Gasteiger partial charge on any atom is 0.226 e. The minimum absolute atomic E-state index is 0.521. The minimum atomic E-state index is 0.521. The number of hydrogen-bond acceptors (Lipinski definition) is 3. The lowest BCUT2D eigenvalue weighted by Crippen LogP contribution is -2.06. The summed E-state index contributed by atoms with van der Waals surface area (Å²) in [5, 5.41) is 0.636. The lowest BCUT2D eigenvalue weighted by molar-refractivity contribution is 0.242. The number of benzene rings is 2. The average Bonchev–Trinajstić information content (AvgIpc) is 3.07. The van der Waals surface area contributed by atoms with E-state index in [1.807, 2.05) is 83.4 Å². The molecule has 0 aliphatic heterocycles. The van der Waals surface area contributed by atoms with Crippen LogP contribution in [-0.2, 0) is 0 Å². The first-order valence-corrected chi connectivity index (χ1v) is 9.23. The van der Waals surface area contributed by atoms with Crippen LogP contribution in [-0.4, -0.2) is 22.6 Å². The molecule has 4 nitrogen and oxygen atoms in total. The molecule has 0 aliphatic carbocycles. The van der Waals surface area contributed by atoms with Crippen LogP contribution in [0.2, 0.25) is 5.02 Å². The zero-order chi connectivity index (χ0) is 18.5. The third kappa shape index (κ3) is 4.07. The van der Waals surface area contributed by atoms with Gasteiger partial charge in [-0.3, -0.25) is 4.40 Å². The Morgan fingerprint density at radius 3 is 2.30 bits per heavy atom. The smallest absolute Gasteiger partial charge is 0.226 e. The molecule has 0 fully saturated rings. The molecule has 0 saturated carbocycles. The van der Waals surface area contributed by atoms with Crippen molar-refractivity contribution >= 4 is 17.2 Å². The molecule has 4 rings (SSSR count). The molecule has 0 saturated heterocycles. The Bertz CT molecular complexity index is 1020. The largest absolute Gasteiger partial charge is 0.493 e. The van der Waals surface area contributed by atoms with Gasteiger partial charge in [0.05, 0.1) is 18.2 Å². The van der Waals surface area contributed by atoms with Crippen molar-refractivity contribution in [1.82, 2.24) is 9.38 Å². The van der Waals surface area contributed by atoms with E-state index < -0.39 is 0 Å². The highest BCUT2D eigenvalue weighted by atomic mass is 35.5. The Balaban J connectivity index is 1.50. The number of pyridine rings is 1. The molecule has 0 spiro atoms. The number of hydrogen-bond donors (Lipinski definition) is 0. The SMILES string of the molecule is Clc1ccc2nc(-c3ccccc3)c(OCCCOc3ccccc3)n2c1. The first kappa shape index (κ1) is 17.4. The zero-order valence-electron chi connectivity index (χ0n) is 14.7. The van der Waals surface area contributed by atoms with Crippen molar-refractivity contribution in [2.45, 2.75) is 6.42 Å². The van der Waals surface area contributed by atoms with E-state index >= 15 is 0 Å². The fraction of sp³-hybridized carbons (Fsp3) is 0.136. The van der Waals surface area contributed by atoms with Crippen molar-refractivity contribution in [3.05, 3.63) is 84.0 Å². The van der Waals surface area contributed by atoms with Gasteiger partial charge in [0, 0.05) is 18.2 Å². The van der Waals surface area contributed by atoms with Crippen LogP contribution in [0, 0.1) is 0 Å². The van der Waals surface area contributed by atoms with Crippen molar-refractivity contribution in [3.8, 4) is 22.9 Å². The van der Waals surface area contributed by atoms with Crippen molar-refractivity contribution in [3.63, 3.8) is 0 Å². The quantitative estimate of drug-likeness (QED) is 0.398. The van der Waals surface area contributed by atoms with Crippen LogP contribution in [0.15, 0.2) is 79.0 Å². The summed E-state index contributed by atoms with van der Waals surface area (Å²) in [6.07, 6.45) is 2.59. The predicted molar refractivity (Wildman–Crippen MR) is 108 cm³/mol. The van der Waals surface area contributed by atoms with Gasteiger partial charge in [-0.25, -0.2) is 4.98 Å². The van der Waals surface area contributed by atoms with Crippen molar-refractivity contribution in [2.75, 3.05) is 13.2 Å². The molecule has 5 heteroatoms. The van der Waals surface area contributed by atoms with Crippen LogP contribution >= 0.6 is 11.6 Å². The second kappa shape index (κ2) is 8.14. The van der Waals surface area contributed by atoms with Gasteiger partial charge < -0.3 is 9.47 Å². The standard InChI is InChI=1S/C22H19ClN2O2/c23-18-12-13-20-24-21(17-8-3-1-4-9-17)22(25(20)16-18)27-15-7-14-26-19-10-5-2-6-11-19/h1-6,8-13,16H,7,14-15H2. The Labute approximate surface area is 163 Å². The molecule has 2 heterocycles. The Morgan fingerprint density at radius 1 is 0.815 bits per heavy atom. The summed E-state index contributed by atoms with van der Waals surface area (Å²) < 4.78 is 13.7. The van der Waals surface area contributed by atoms with Gasteiger partial charge in [-0.2, -0.15) is 0 Å². The number of rotatable bonds is 7. The topological polar surface area (TPSA) is 35.8 Å². The zero-order valence-corrected chi connectivity index (χ0v) is 15.5. The monoisotopic (exact) mass is 378 g/mol. The van der Waals surface area contributed by atoms with Gasteiger partial charge in [0.25, 0.3) is 0 Å². The summed E-state index contributed by atoms with van der Waals surface area (Å²) in [5.74, 6) is 1.56. The van der Waals surface area contributed by atoms with Crippen LogP contribution in [0.4, 0.5) is 0 Å². The maximum absolute atomic E-state index is 6.17. The molecule has 2 aromatic carbocycles.